The molecule has 2 heterocycles. The Morgan fingerprint density at radius 1 is 1.03 bits per heavy atom. The number of esters is 1. The molecule has 0 aliphatic carbocycles. The second-order valence-electron chi connectivity index (χ2n) is 11.8. The largest absolute Gasteiger partial charge is 0.462 e. The standard InChI is InChI=1S/C27H49NO8/c1-9-20-15(4)23(30)16(5)22(29)13(2)11-27(8,33)12-14(3)25(17(6)26(32)35-20)36-21-10-19(28)24(31)18(7)34-21/h13-21,23-25,30-31,33H,9-12,28H2,1-8H3/t13-,14-,15+,16+,17-,18?,19?,20-,21?,23+,24?,25?,27-/m1/s1. The first-order valence-corrected chi connectivity index (χ1v) is 13.5. The smallest absolute Gasteiger partial charge is 0.311 e. The fourth-order valence-corrected chi connectivity index (χ4v) is 5.99. The number of Topliss-reactive ketones (excluding diaryl/α,β-unsaturated/α-hetero) is 1. The molecule has 2 saturated heterocycles. The fraction of sp³-hybridized carbons (Fsp3) is 0.926. The maximum atomic E-state index is 13.3. The third-order valence-corrected chi connectivity index (χ3v) is 8.23. The highest BCUT2D eigenvalue weighted by Crippen LogP contribution is 2.35. The zero-order chi connectivity index (χ0) is 27.5. The molecule has 36 heavy (non-hydrogen) atoms. The summed E-state index contributed by atoms with van der Waals surface area (Å²) >= 11 is 0. The van der Waals surface area contributed by atoms with Crippen molar-refractivity contribution in [2.75, 3.05) is 0 Å². The number of carbonyl (C=O) groups excluding carboxylic acids is 2. The molecule has 0 bridgehead atoms. The summed E-state index contributed by atoms with van der Waals surface area (Å²) < 4.78 is 18.0. The molecule has 5 N–H and O–H groups in total. The zero-order valence-electron chi connectivity index (χ0n) is 23.2. The Kier molecular flexibility index (Phi) is 10.9. The zero-order valence-corrected chi connectivity index (χ0v) is 23.2. The van der Waals surface area contributed by atoms with Crippen LogP contribution in [0.2, 0.25) is 0 Å². The maximum Gasteiger partial charge on any atom is 0.311 e. The fourth-order valence-electron chi connectivity index (χ4n) is 5.99. The Hall–Kier alpha value is -1.10. The molecule has 2 aliphatic heterocycles. The van der Waals surface area contributed by atoms with Crippen LogP contribution in [0.15, 0.2) is 0 Å². The molecular formula is C27H49NO8. The van der Waals surface area contributed by atoms with E-state index in [2.05, 4.69) is 0 Å². The highest BCUT2D eigenvalue weighted by atomic mass is 16.7. The lowest BCUT2D eigenvalue weighted by molar-refractivity contribution is -0.254. The van der Waals surface area contributed by atoms with Gasteiger partial charge >= 0.3 is 5.97 Å². The third kappa shape index (κ3) is 7.48. The van der Waals surface area contributed by atoms with Crippen LogP contribution in [0.3, 0.4) is 0 Å². The van der Waals surface area contributed by atoms with Crippen molar-refractivity contribution in [3.8, 4) is 0 Å². The first kappa shape index (κ1) is 31.1. The van der Waals surface area contributed by atoms with Crippen LogP contribution in [0, 0.1) is 29.6 Å². The highest BCUT2D eigenvalue weighted by Gasteiger charge is 2.43. The Balaban J connectivity index is 2.39. The van der Waals surface area contributed by atoms with Crippen LogP contribution in [-0.2, 0) is 23.8 Å². The summed E-state index contributed by atoms with van der Waals surface area (Å²) in [5, 5.41) is 32.4. The van der Waals surface area contributed by atoms with Crippen molar-refractivity contribution in [1.29, 1.82) is 0 Å². The van der Waals surface area contributed by atoms with E-state index in [1.165, 1.54) is 0 Å². The van der Waals surface area contributed by atoms with Gasteiger partial charge in [0.05, 0.1) is 35.9 Å². The number of cyclic esters (lactones) is 1. The Morgan fingerprint density at radius 3 is 2.19 bits per heavy atom. The number of nitrogens with two attached hydrogens (primary N) is 1. The number of ether oxygens (including phenoxy) is 3. The summed E-state index contributed by atoms with van der Waals surface area (Å²) in [6, 6.07) is -0.529. The summed E-state index contributed by atoms with van der Waals surface area (Å²) in [5.41, 5.74) is 4.87. The van der Waals surface area contributed by atoms with Crippen LogP contribution in [0.25, 0.3) is 0 Å². The predicted octanol–water partition coefficient (Wildman–Crippen LogP) is 2.17. The van der Waals surface area contributed by atoms with Gasteiger partial charge in [0, 0.05) is 30.2 Å². The molecule has 0 amide bonds. The van der Waals surface area contributed by atoms with E-state index in [1.807, 2.05) is 13.8 Å². The molecule has 0 spiro atoms. The molecule has 2 fully saturated rings. The Morgan fingerprint density at radius 2 is 1.64 bits per heavy atom. The number of hydrogen-bond donors (Lipinski definition) is 4. The van der Waals surface area contributed by atoms with Gasteiger partial charge in [0.1, 0.15) is 11.9 Å². The Labute approximate surface area is 216 Å². The number of aliphatic hydroxyl groups excluding tert-OH is 2. The highest BCUT2D eigenvalue weighted by molar-refractivity contribution is 5.83. The molecule has 0 aromatic rings. The summed E-state index contributed by atoms with van der Waals surface area (Å²) in [5.74, 6) is -3.18. The summed E-state index contributed by atoms with van der Waals surface area (Å²) in [6.45, 7) is 14.2. The van der Waals surface area contributed by atoms with Gasteiger partial charge in [0.15, 0.2) is 6.29 Å². The van der Waals surface area contributed by atoms with Crippen molar-refractivity contribution < 1.29 is 39.1 Å². The molecule has 210 valence electrons. The minimum absolute atomic E-state index is 0.126. The van der Waals surface area contributed by atoms with Crippen molar-refractivity contribution in [3.05, 3.63) is 0 Å². The van der Waals surface area contributed by atoms with Gasteiger partial charge in [-0.1, -0.05) is 34.6 Å². The van der Waals surface area contributed by atoms with Crippen LogP contribution < -0.4 is 5.73 Å². The molecule has 9 heteroatoms. The summed E-state index contributed by atoms with van der Waals surface area (Å²) in [7, 11) is 0. The van der Waals surface area contributed by atoms with E-state index in [0.29, 0.717) is 6.42 Å². The van der Waals surface area contributed by atoms with Crippen LogP contribution in [0.1, 0.15) is 81.1 Å². The van der Waals surface area contributed by atoms with Crippen LogP contribution in [0.5, 0.6) is 0 Å². The van der Waals surface area contributed by atoms with E-state index in [4.69, 9.17) is 19.9 Å². The van der Waals surface area contributed by atoms with Gasteiger partial charge < -0.3 is 35.3 Å². The molecule has 5 unspecified atom stereocenters. The van der Waals surface area contributed by atoms with Gasteiger partial charge in [0.2, 0.25) is 0 Å². The number of rotatable bonds is 3. The lowest BCUT2D eigenvalue weighted by Crippen LogP contribution is -2.53. The van der Waals surface area contributed by atoms with Gasteiger partial charge in [-0.25, -0.2) is 0 Å². The van der Waals surface area contributed by atoms with E-state index < -0.39 is 78.1 Å². The second kappa shape index (κ2) is 12.6. The summed E-state index contributed by atoms with van der Waals surface area (Å²) in [4.78, 5) is 26.4. The molecule has 2 aliphatic rings. The van der Waals surface area contributed by atoms with Gasteiger partial charge in [-0.05, 0) is 46.0 Å². The maximum absolute atomic E-state index is 13.3. The average Bonchev–Trinajstić information content (AvgIpc) is 2.80. The summed E-state index contributed by atoms with van der Waals surface area (Å²) in [6.07, 6.45) is -3.06. The van der Waals surface area contributed by atoms with Crippen molar-refractivity contribution in [2.24, 2.45) is 35.3 Å². The predicted molar refractivity (Wildman–Crippen MR) is 135 cm³/mol. The van der Waals surface area contributed by atoms with E-state index >= 15 is 0 Å². The normalized spacial score (nSPS) is 48.2. The van der Waals surface area contributed by atoms with E-state index in [-0.39, 0.29) is 31.0 Å². The lowest BCUT2D eigenvalue weighted by Gasteiger charge is -2.41. The molecule has 0 aromatic carbocycles. The first-order valence-electron chi connectivity index (χ1n) is 13.5. The molecule has 0 aromatic heterocycles. The van der Waals surface area contributed by atoms with E-state index in [9.17, 15) is 24.9 Å². The molecule has 0 radical (unpaired) electrons. The Bertz CT molecular complexity index is 733. The van der Waals surface area contributed by atoms with Crippen molar-refractivity contribution in [2.45, 2.75) is 130 Å². The van der Waals surface area contributed by atoms with Crippen molar-refractivity contribution in [1.82, 2.24) is 0 Å². The average molecular weight is 516 g/mol. The molecule has 13 atom stereocenters. The van der Waals surface area contributed by atoms with E-state index in [0.717, 1.165) is 0 Å². The topological polar surface area (TPSA) is 149 Å². The van der Waals surface area contributed by atoms with E-state index in [1.54, 1.807) is 41.5 Å². The first-order chi connectivity index (χ1) is 16.6. The third-order valence-electron chi connectivity index (χ3n) is 8.23. The van der Waals surface area contributed by atoms with Gasteiger partial charge in [-0.15, -0.1) is 0 Å². The van der Waals surface area contributed by atoms with Crippen LogP contribution in [-0.4, -0.2) is 75.5 Å². The van der Waals surface area contributed by atoms with Crippen molar-refractivity contribution >= 4 is 11.8 Å². The lowest BCUT2D eigenvalue weighted by atomic mass is 9.76. The molecule has 9 nitrogen and oxygen atoms in total. The number of hydrogen-bond acceptors (Lipinski definition) is 9. The van der Waals surface area contributed by atoms with Crippen LogP contribution in [0.4, 0.5) is 0 Å². The van der Waals surface area contributed by atoms with Crippen LogP contribution >= 0.6 is 0 Å². The minimum Gasteiger partial charge on any atom is -0.462 e. The van der Waals surface area contributed by atoms with Crippen molar-refractivity contribution in [3.63, 3.8) is 0 Å². The van der Waals surface area contributed by atoms with Gasteiger partial charge in [-0.3, -0.25) is 9.59 Å². The second-order valence-corrected chi connectivity index (χ2v) is 11.8. The number of carbonyl (C=O) groups is 2. The number of ketones is 1. The quantitative estimate of drug-likeness (QED) is 0.415. The number of aliphatic hydroxyl groups is 3. The minimum atomic E-state index is -1.21. The molecule has 2 rings (SSSR count). The SMILES string of the molecule is CC[C@H]1OC(=O)[C@H](C)C(OC2CC(N)C(O)C(C)O2)[C@H](C)C[C@](C)(O)C[C@@H](C)C(=O)[C@H](C)[C@@H](O)[C@H]1C. The van der Waals surface area contributed by atoms with Gasteiger partial charge in [-0.2, -0.15) is 0 Å². The monoisotopic (exact) mass is 515 g/mol. The molecule has 0 saturated carbocycles. The van der Waals surface area contributed by atoms with Gasteiger partial charge in [0.25, 0.3) is 0 Å². The molecular weight excluding hydrogens is 466 g/mol.